The van der Waals surface area contributed by atoms with Gasteiger partial charge in [0.05, 0.1) is 23.5 Å². The number of alkyl halides is 2. The molecule has 1 saturated heterocycles. The van der Waals surface area contributed by atoms with Crippen molar-refractivity contribution in [1.29, 1.82) is 10.8 Å². The Balaban J connectivity index is 1.82. The summed E-state index contributed by atoms with van der Waals surface area (Å²) in [7, 11) is 1.65. The zero-order valence-corrected chi connectivity index (χ0v) is 19.0. The maximum absolute atomic E-state index is 12.7. The standard InChI is InChI=1S/C19H25F2N5O4S2/c1-29-7-2-8-30-12-3-5-25(6-4-12)14-9-13(32(27)28)11-26-15(14)10-24-19(26)18(23)31-17(22)16(20)21/h9-12,16,22-23H,2-8H2,1H3,(H,27,28)/p-1. The zero-order valence-electron chi connectivity index (χ0n) is 17.4. The number of pyridine rings is 1. The number of piperidine rings is 1. The number of fused-ring (bicyclic) bond motifs is 1. The van der Waals surface area contributed by atoms with Crippen LogP contribution in [0.1, 0.15) is 25.1 Å². The lowest BCUT2D eigenvalue weighted by molar-refractivity contribution is 0.0258. The van der Waals surface area contributed by atoms with Gasteiger partial charge in [-0.3, -0.25) is 19.4 Å². The highest BCUT2D eigenvalue weighted by Crippen LogP contribution is 2.30. The molecule has 32 heavy (non-hydrogen) atoms. The SMILES string of the molecule is COCCCOC1CCN(c2cc(S(=O)[O-])cn3c(C(=N)SC(=N)C(F)F)ncc23)CC1. The highest BCUT2D eigenvalue weighted by atomic mass is 32.2. The number of thioether (sulfide) groups is 1. The molecule has 0 aromatic carbocycles. The summed E-state index contributed by atoms with van der Waals surface area (Å²) >= 11 is -2.25. The van der Waals surface area contributed by atoms with Gasteiger partial charge in [-0.05, 0) is 48.2 Å². The van der Waals surface area contributed by atoms with Gasteiger partial charge in [-0.1, -0.05) is 0 Å². The molecule has 1 unspecified atom stereocenters. The minimum Gasteiger partial charge on any atom is -0.768 e. The number of imidazole rings is 1. The molecule has 3 heterocycles. The number of hydrogen-bond donors (Lipinski definition) is 2. The van der Waals surface area contributed by atoms with Gasteiger partial charge >= 0.3 is 0 Å². The van der Waals surface area contributed by atoms with Crippen molar-refractivity contribution in [1.82, 2.24) is 9.38 Å². The molecule has 0 bridgehead atoms. The van der Waals surface area contributed by atoms with Crippen LogP contribution in [0.3, 0.4) is 0 Å². The van der Waals surface area contributed by atoms with Crippen molar-refractivity contribution < 1.29 is 27.0 Å². The van der Waals surface area contributed by atoms with E-state index in [0.29, 0.717) is 37.5 Å². The van der Waals surface area contributed by atoms with Crippen molar-refractivity contribution in [2.45, 2.75) is 36.7 Å². The predicted octanol–water partition coefficient (Wildman–Crippen LogP) is 2.90. The second kappa shape index (κ2) is 11.3. The van der Waals surface area contributed by atoms with E-state index in [-0.39, 0.29) is 33.6 Å². The van der Waals surface area contributed by atoms with Gasteiger partial charge in [0.25, 0.3) is 6.43 Å². The third-order valence-electron chi connectivity index (χ3n) is 5.03. The first-order chi connectivity index (χ1) is 15.3. The van der Waals surface area contributed by atoms with Gasteiger partial charge in [0.2, 0.25) is 0 Å². The number of rotatable bonds is 9. The lowest BCUT2D eigenvalue weighted by Gasteiger charge is -2.34. The molecule has 0 spiro atoms. The molecule has 2 N–H and O–H groups in total. The molecule has 1 fully saturated rings. The van der Waals surface area contributed by atoms with Crippen molar-refractivity contribution >= 4 is 44.1 Å². The van der Waals surface area contributed by atoms with Gasteiger partial charge in [-0.25, -0.2) is 13.8 Å². The number of hydrogen-bond acceptors (Lipinski definition) is 9. The fraction of sp³-hybridized carbons (Fsp3) is 0.526. The summed E-state index contributed by atoms with van der Waals surface area (Å²) in [6.07, 6.45) is 2.25. The molecule has 3 rings (SSSR count). The van der Waals surface area contributed by atoms with Crippen LogP contribution in [0, 0.1) is 10.8 Å². The van der Waals surface area contributed by atoms with E-state index in [1.807, 2.05) is 4.90 Å². The Morgan fingerprint density at radius 3 is 2.72 bits per heavy atom. The highest BCUT2D eigenvalue weighted by molar-refractivity contribution is 8.26. The normalized spacial score (nSPS) is 16.1. The molecular weight excluding hydrogens is 464 g/mol. The van der Waals surface area contributed by atoms with Gasteiger partial charge in [0.1, 0.15) is 10.1 Å². The molecule has 0 saturated carbocycles. The minimum absolute atomic E-state index is 0.000289. The molecule has 0 aliphatic carbocycles. The van der Waals surface area contributed by atoms with E-state index < -0.39 is 22.5 Å². The summed E-state index contributed by atoms with van der Waals surface area (Å²) in [6, 6.07) is 1.54. The van der Waals surface area contributed by atoms with E-state index in [2.05, 4.69) is 4.98 Å². The number of nitrogens with zero attached hydrogens (tertiary/aromatic N) is 3. The predicted molar refractivity (Wildman–Crippen MR) is 118 cm³/mol. The maximum Gasteiger partial charge on any atom is 0.285 e. The third kappa shape index (κ3) is 5.90. The average Bonchev–Trinajstić information content (AvgIpc) is 3.20. The number of halogens is 2. The summed E-state index contributed by atoms with van der Waals surface area (Å²) < 4.78 is 61.1. The molecule has 0 amide bonds. The van der Waals surface area contributed by atoms with Crippen molar-refractivity contribution in [3.05, 3.63) is 24.3 Å². The quantitative estimate of drug-likeness (QED) is 0.240. The van der Waals surface area contributed by atoms with Crippen molar-refractivity contribution in [3.8, 4) is 0 Å². The van der Waals surface area contributed by atoms with Crippen LogP contribution in [0.25, 0.3) is 5.52 Å². The van der Waals surface area contributed by atoms with Crippen molar-refractivity contribution in [2.24, 2.45) is 0 Å². The summed E-state index contributed by atoms with van der Waals surface area (Å²) in [5, 5.41) is 14.0. The van der Waals surface area contributed by atoms with E-state index in [9.17, 15) is 17.5 Å². The number of aromatic nitrogens is 2. The van der Waals surface area contributed by atoms with Crippen LogP contribution in [0.2, 0.25) is 0 Å². The molecule has 2 aromatic rings. The first kappa shape index (κ1) is 24.7. The lowest BCUT2D eigenvalue weighted by Crippen LogP contribution is -2.37. The zero-order chi connectivity index (χ0) is 23.3. The van der Waals surface area contributed by atoms with Crippen LogP contribution in [0.15, 0.2) is 23.4 Å². The molecule has 176 valence electrons. The molecule has 1 aliphatic heterocycles. The van der Waals surface area contributed by atoms with Gasteiger partial charge in [0.15, 0.2) is 5.82 Å². The molecule has 13 heteroatoms. The molecule has 0 radical (unpaired) electrons. The second-order valence-corrected chi connectivity index (χ2v) is 9.13. The van der Waals surface area contributed by atoms with Crippen LogP contribution < -0.4 is 4.90 Å². The number of ether oxygens (including phenoxy) is 2. The Kier molecular flexibility index (Phi) is 8.71. The Morgan fingerprint density at radius 2 is 2.09 bits per heavy atom. The van der Waals surface area contributed by atoms with Crippen molar-refractivity contribution in [2.75, 3.05) is 38.3 Å². The Hall–Kier alpha value is -1.93. The third-order valence-corrected chi connectivity index (χ3v) is 6.42. The molecule has 1 atom stereocenters. The van der Waals surface area contributed by atoms with E-state index in [1.165, 1.54) is 16.8 Å². The number of methoxy groups -OCH3 is 1. The van der Waals surface area contributed by atoms with E-state index in [4.69, 9.17) is 20.3 Å². The maximum atomic E-state index is 12.7. The van der Waals surface area contributed by atoms with Gasteiger partial charge in [-0.2, -0.15) is 0 Å². The second-order valence-electron chi connectivity index (χ2n) is 7.13. The monoisotopic (exact) mass is 488 g/mol. The van der Waals surface area contributed by atoms with Crippen LogP contribution >= 0.6 is 11.8 Å². The first-order valence-electron chi connectivity index (χ1n) is 9.91. The molecular formula is C19H24F2N5O4S2-. The van der Waals surface area contributed by atoms with E-state index in [0.717, 1.165) is 19.3 Å². The Morgan fingerprint density at radius 1 is 1.38 bits per heavy atom. The number of anilines is 1. The van der Waals surface area contributed by atoms with E-state index >= 15 is 0 Å². The molecule has 2 aromatic heterocycles. The van der Waals surface area contributed by atoms with Crippen LogP contribution in [0.5, 0.6) is 0 Å². The average molecular weight is 489 g/mol. The molecule has 1 aliphatic rings. The topological polar surface area (TPSA) is 127 Å². The summed E-state index contributed by atoms with van der Waals surface area (Å²) in [4.78, 5) is 6.17. The largest absolute Gasteiger partial charge is 0.768 e. The summed E-state index contributed by atoms with van der Waals surface area (Å²) in [5.41, 5.74) is 1.19. The lowest BCUT2D eigenvalue weighted by atomic mass is 10.1. The van der Waals surface area contributed by atoms with Gasteiger partial charge < -0.3 is 18.9 Å². The minimum atomic E-state index is -3.00. The van der Waals surface area contributed by atoms with E-state index in [1.54, 1.807) is 13.2 Å². The summed E-state index contributed by atoms with van der Waals surface area (Å²) in [5.74, 6) is 0.000289. The highest BCUT2D eigenvalue weighted by Gasteiger charge is 2.24. The Labute approximate surface area is 190 Å². The Bertz CT molecular complexity index is 995. The van der Waals surface area contributed by atoms with Gasteiger partial charge in [-0.15, -0.1) is 0 Å². The number of nitrogens with one attached hydrogen (secondary N) is 2. The summed E-state index contributed by atoms with van der Waals surface area (Å²) in [6.45, 7) is 2.54. The fourth-order valence-corrected chi connectivity index (χ4v) is 4.43. The van der Waals surface area contributed by atoms with Crippen molar-refractivity contribution in [3.63, 3.8) is 0 Å². The molecule has 9 nitrogen and oxygen atoms in total. The smallest absolute Gasteiger partial charge is 0.285 e. The first-order valence-corrected chi connectivity index (χ1v) is 11.8. The van der Waals surface area contributed by atoms with Crippen LogP contribution in [-0.2, 0) is 20.6 Å². The van der Waals surface area contributed by atoms with Crippen LogP contribution in [0.4, 0.5) is 14.5 Å². The van der Waals surface area contributed by atoms with Gasteiger partial charge in [0, 0.05) is 44.5 Å². The van der Waals surface area contributed by atoms with Crippen LogP contribution in [-0.4, -0.2) is 74.2 Å². The fourth-order valence-electron chi connectivity index (χ4n) is 3.48.